The van der Waals surface area contributed by atoms with Crippen molar-refractivity contribution in [2.45, 2.75) is 26.2 Å². The summed E-state index contributed by atoms with van der Waals surface area (Å²) in [6.07, 6.45) is 1.27. The van der Waals surface area contributed by atoms with Crippen LogP contribution in [0.4, 0.5) is 0 Å². The number of nitriles is 1. The van der Waals surface area contributed by atoms with Gasteiger partial charge >= 0.3 is 5.97 Å². The highest BCUT2D eigenvalue weighted by molar-refractivity contribution is 5.96. The van der Waals surface area contributed by atoms with Crippen molar-refractivity contribution in [3.05, 3.63) is 59.2 Å². The molecule has 0 aliphatic carbocycles. The molecular formula is C23H25NO5. The molecular weight excluding hydrogens is 370 g/mol. The number of carbonyl (C=O) groups is 1. The Balaban J connectivity index is 2.04. The number of benzene rings is 2. The first-order chi connectivity index (χ1) is 13.7. The minimum absolute atomic E-state index is 0.0795. The average Bonchev–Trinajstić information content (AvgIpc) is 2.69. The number of methoxy groups -OCH3 is 1. The Morgan fingerprint density at radius 3 is 2.24 bits per heavy atom. The van der Waals surface area contributed by atoms with Gasteiger partial charge in [-0.1, -0.05) is 32.9 Å². The normalized spacial score (nSPS) is 11.5. The summed E-state index contributed by atoms with van der Waals surface area (Å²) in [6, 6.07) is 14.5. The summed E-state index contributed by atoms with van der Waals surface area (Å²) < 4.78 is 16.7. The lowest BCUT2D eigenvalue weighted by Gasteiger charge is -2.19. The van der Waals surface area contributed by atoms with E-state index >= 15 is 0 Å². The molecule has 0 atom stereocenters. The fraction of sp³-hybridized carbons (Fsp3) is 0.304. The van der Waals surface area contributed by atoms with Gasteiger partial charge in [0.05, 0.1) is 7.11 Å². The fourth-order valence-electron chi connectivity index (χ4n) is 2.55. The molecule has 0 radical (unpaired) electrons. The zero-order valence-corrected chi connectivity index (χ0v) is 17.1. The summed E-state index contributed by atoms with van der Waals surface area (Å²) in [5, 5.41) is 18.0. The van der Waals surface area contributed by atoms with Gasteiger partial charge in [0, 0.05) is 11.6 Å². The number of nitrogens with zero attached hydrogens (tertiary/aromatic N) is 1. The molecule has 152 valence electrons. The Morgan fingerprint density at radius 2 is 1.69 bits per heavy atom. The third kappa shape index (κ3) is 6.28. The number of hydrogen-bond donors (Lipinski definition) is 1. The fourth-order valence-corrected chi connectivity index (χ4v) is 2.55. The maximum atomic E-state index is 11.1. The lowest BCUT2D eigenvalue weighted by Crippen LogP contribution is -2.12. The third-order valence-corrected chi connectivity index (χ3v) is 4.20. The van der Waals surface area contributed by atoms with Crippen LogP contribution in [-0.4, -0.2) is 31.4 Å². The van der Waals surface area contributed by atoms with E-state index in [4.69, 9.17) is 24.6 Å². The standard InChI is InChI=1S/C23H25NO5/c1-23(2,3)18-6-9-19(10-7-18)28-11-12-29-21-14-20(27-4)8-5-16(21)13-17(15-24)22(25)26/h5-10,13-14H,11-12H2,1-4H3,(H,25,26). The second kappa shape index (κ2) is 9.65. The molecule has 0 aromatic heterocycles. The number of aliphatic carboxylic acids is 1. The molecule has 2 aromatic carbocycles. The molecule has 6 nitrogen and oxygen atoms in total. The second-order valence-electron chi connectivity index (χ2n) is 7.35. The lowest BCUT2D eigenvalue weighted by molar-refractivity contribution is -0.132. The summed E-state index contributed by atoms with van der Waals surface area (Å²) in [6.45, 7) is 7.00. The molecule has 6 heteroatoms. The van der Waals surface area contributed by atoms with Crippen molar-refractivity contribution in [3.8, 4) is 23.3 Å². The lowest BCUT2D eigenvalue weighted by atomic mass is 9.87. The number of hydrogen-bond acceptors (Lipinski definition) is 5. The first-order valence-electron chi connectivity index (χ1n) is 9.14. The smallest absolute Gasteiger partial charge is 0.346 e. The highest BCUT2D eigenvalue weighted by atomic mass is 16.5. The molecule has 29 heavy (non-hydrogen) atoms. The van der Waals surface area contributed by atoms with Crippen LogP contribution in [-0.2, 0) is 10.2 Å². The van der Waals surface area contributed by atoms with Crippen LogP contribution in [0.1, 0.15) is 31.9 Å². The zero-order chi connectivity index (χ0) is 21.4. The van der Waals surface area contributed by atoms with E-state index in [9.17, 15) is 4.79 Å². The number of carboxylic acids is 1. The predicted molar refractivity (Wildman–Crippen MR) is 110 cm³/mol. The highest BCUT2D eigenvalue weighted by Crippen LogP contribution is 2.27. The van der Waals surface area contributed by atoms with Crippen molar-refractivity contribution >= 4 is 12.0 Å². The minimum atomic E-state index is -1.30. The molecule has 1 N–H and O–H groups in total. The van der Waals surface area contributed by atoms with Gasteiger partial charge in [0.1, 0.15) is 42.1 Å². The van der Waals surface area contributed by atoms with Gasteiger partial charge in [-0.3, -0.25) is 0 Å². The molecule has 0 saturated carbocycles. The summed E-state index contributed by atoms with van der Waals surface area (Å²) in [4.78, 5) is 11.1. The van der Waals surface area contributed by atoms with E-state index in [2.05, 4.69) is 20.8 Å². The Hall–Kier alpha value is -3.46. The molecule has 2 aromatic rings. The van der Waals surface area contributed by atoms with Crippen LogP contribution >= 0.6 is 0 Å². The molecule has 0 fully saturated rings. The van der Waals surface area contributed by atoms with E-state index in [0.717, 1.165) is 5.75 Å². The van der Waals surface area contributed by atoms with Gasteiger partial charge in [0.15, 0.2) is 0 Å². The van der Waals surface area contributed by atoms with E-state index in [0.29, 0.717) is 23.7 Å². The van der Waals surface area contributed by atoms with Gasteiger partial charge < -0.3 is 19.3 Å². The Morgan fingerprint density at radius 1 is 1.07 bits per heavy atom. The maximum absolute atomic E-state index is 11.1. The molecule has 0 heterocycles. The van der Waals surface area contributed by atoms with Crippen LogP contribution < -0.4 is 14.2 Å². The molecule has 0 aliphatic heterocycles. The van der Waals surface area contributed by atoms with Crippen molar-refractivity contribution in [2.24, 2.45) is 0 Å². The molecule has 0 aliphatic rings. The van der Waals surface area contributed by atoms with Crippen molar-refractivity contribution < 1.29 is 24.1 Å². The molecule has 0 unspecified atom stereocenters. The summed E-state index contributed by atoms with van der Waals surface area (Å²) in [7, 11) is 1.52. The van der Waals surface area contributed by atoms with Gasteiger partial charge in [-0.15, -0.1) is 0 Å². The van der Waals surface area contributed by atoms with Crippen LogP contribution in [0.25, 0.3) is 6.08 Å². The maximum Gasteiger partial charge on any atom is 0.346 e. The third-order valence-electron chi connectivity index (χ3n) is 4.20. The summed E-state index contributed by atoms with van der Waals surface area (Å²) >= 11 is 0. The van der Waals surface area contributed by atoms with Gasteiger partial charge in [-0.25, -0.2) is 4.79 Å². The largest absolute Gasteiger partial charge is 0.497 e. The first kappa shape index (κ1) is 21.8. The van der Waals surface area contributed by atoms with Crippen LogP contribution in [0, 0.1) is 11.3 Å². The van der Waals surface area contributed by atoms with E-state index in [1.807, 2.05) is 24.3 Å². The first-order valence-corrected chi connectivity index (χ1v) is 9.14. The highest BCUT2D eigenvalue weighted by Gasteiger charge is 2.13. The average molecular weight is 395 g/mol. The quantitative estimate of drug-likeness (QED) is 0.404. The van der Waals surface area contributed by atoms with Crippen LogP contribution in [0.5, 0.6) is 17.2 Å². The van der Waals surface area contributed by atoms with Crippen molar-refractivity contribution in [3.63, 3.8) is 0 Å². The van der Waals surface area contributed by atoms with Crippen molar-refractivity contribution in [1.82, 2.24) is 0 Å². The number of ether oxygens (including phenoxy) is 3. The van der Waals surface area contributed by atoms with Crippen molar-refractivity contribution in [2.75, 3.05) is 20.3 Å². The Labute approximate surface area is 171 Å². The monoisotopic (exact) mass is 395 g/mol. The van der Waals surface area contributed by atoms with E-state index in [1.54, 1.807) is 24.3 Å². The second-order valence-corrected chi connectivity index (χ2v) is 7.35. The zero-order valence-electron chi connectivity index (χ0n) is 17.1. The van der Waals surface area contributed by atoms with E-state index < -0.39 is 5.97 Å². The summed E-state index contributed by atoms with van der Waals surface area (Å²) in [5.74, 6) is 0.413. The van der Waals surface area contributed by atoms with E-state index in [1.165, 1.54) is 18.7 Å². The van der Waals surface area contributed by atoms with E-state index in [-0.39, 0.29) is 17.6 Å². The van der Waals surface area contributed by atoms with Crippen LogP contribution in [0.15, 0.2) is 48.0 Å². The Kier molecular flexibility index (Phi) is 7.27. The van der Waals surface area contributed by atoms with Crippen LogP contribution in [0.2, 0.25) is 0 Å². The predicted octanol–water partition coefficient (Wildman–Crippen LogP) is 4.44. The topological polar surface area (TPSA) is 88.8 Å². The van der Waals surface area contributed by atoms with Crippen molar-refractivity contribution in [1.29, 1.82) is 5.26 Å². The number of rotatable bonds is 8. The van der Waals surface area contributed by atoms with Gasteiger partial charge in [0.2, 0.25) is 0 Å². The van der Waals surface area contributed by atoms with Gasteiger partial charge in [0.25, 0.3) is 0 Å². The molecule has 0 bridgehead atoms. The Bertz CT molecular complexity index is 918. The number of carboxylic acid groups (broad SMARTS) is 1. The molecule has 0 saturated heterocycles. The molecule has 0 amide bonds. The molecule has 0 spiro atoms. The molecule has 2 rings (SSSR count). The van der Waals surface area contributed by atoms with Gasteiger partial charge in [-0.05, 0) is 41.3 Å². The minimum Gasteiger partial charge on any atom is -0.497 e. The SMILES string of the molecule is COc1ccc(C=C(C#N)C(=O)O)c(OCCOc2ccc(C(C)(C)C)cc2)c1. The summed E-state index contributed by atoms with van der Waals surface area (Å²) in [5.41, 5.74) is 1.39. The van der Waals surface area contributed by atoms with Crippen LogP contribution in [0.3, 0.4) is 0 Å². The van der Waals surface area contributed by atoms with Gasteiger partial charge in [-0.2, -0.15) is 5.26 Å².